The van der Waals surface area contributed by atoms with Crippen LogP contribution in [-0.4, -0.2) is 24.1 Å². The van der Waals surface area contributed by atoms with Gasteiger partial charge in [0.05, 0.1) is 18.1 Å². The van der Waals surface area contributed by atoms with Gasteiger partial charge in [-0.25, -0.2) is 13.1 Å². The number of ether oxygens (including phenoxy) is 1. The first-order valence-corrected chi connectivity index (χ1v) is 9.18. The number of aryl methyl sites for hydroxylation is 1. The van der Waals surface area contributed by atoms with Crippen molar-refractivity contribution in [3.05, 3.63) is 47.3 Å². The van der Waals surface area contributed by atoms with E-state index in [1.165, 1.54) is 6.07 Å². The molecule has 4 rings (SSSR count). The molecule has 0 unspecified atom stereocenters. The van der Waals surface area contributed by atoms with Crippen molar-refractivity contribution in [1.29, 1.82) is 0 Å². The van der Waals surface area contributed by atoms with Crippen LogP contribution in [0.3, 0.4) is 0 Å². The molecule has 126 valence electrons. The highest BCUT2D eigenvalue weighted by Crippen LogP contribution is 2.47. The van der Waals surface area contributed by atoms with Crippen molar-refractivity contribution >= 4 is 15.9 Å². The van der Waals surface area contributed by atoms with E-state index >= 15 is 0 Å². The van der Waals surface area contributed by atoms with Crippen LogP contribution in [0.1, 0.15) is 29.2 Å². The maximum Gasteiger partial charge on any atom is 0.264 e. The summed E-state index contributed by atoms with van der Waals surface area (Å²) in [5.74, 6) is -0.757. The number of nitrogens with one attached hydrogen (secondary N) is 1. The monoisotopic (exact) mass is 347 g/mol. The van der Waals surface area contributed by atoms with E-state index in [0.29, 0.717) is 19.6 Å². The second kappa shape index (κ2) is 5.42. The Bertz CT molecular complexity index is 919. The molecule has 1 amide bonds. The topological polar surface area (TPSA) is 90.3 Å². The SMILES string of the molecule is Cn1nccc1[C@@H]1C[C@H]1C(=O)NS(=O)(=O)c1ccc2c(c1)COC2. The van der Waals surface area contributed by atoms with E-state index in [1.807, 2.05) is 13.1 Å². The Kier molecular flexibility index (Phi) is 3.47. The summed E-state index contributed by atoms with van der Waals surface area (Å²) >= 11 is 0. The summed E-state index contributed by atoms with van der Waals surface area (Å²) in [5, 5.41) is 4.08. The fraction of sp³-hybridized carbons (Fsp3) is 0.375. The van der Waals surface area contributed by atoms with Crippen molar-refractivity contribution in [2.45, 2.75) is 30.4 Å². The first kappa shape index (κ1) is 15.3. The number of carbonyl (C=O) groups is 1. The van der Waals surface area contributed by atoms with Crippen LogP contribution in [0, 0.1) is 5.92 Å². The standard InChI is InChI=1S/C16H17N3O4S/c1-19-15(4-5-17-19)13-7-14(13)16(20)18-24(21,22)12-3-2-10-8-23-9-11(10)6-12/h2-6,13-14H,7-9H2,1H3,(H,18,20)/t13-,14-/m1/s1. The lowest BCUT2D eigenvalue weighted by atomic mass is 10.1. The molecule has 2 heterocycles. The van der Waals surface area contributed by atoms with Crippen LogP contribution in [0.2, 0.25) is 0 Å². The van der Waals surface area contributed by atoms with Crippen LogP contribution >= 0.6 is 0 Å². The Balaban J connectivity index is 1.49. The lowest BCUT2D eigenvalue weighted by molar-refractivity contribution is -0.120. The number of sulfonamides is 1. The highest BCUT2D eigenvalue weighted by molar-refractivity contribution is 7.90. The molecule has 24 heavy (non-hydrogen) atoms. The highest BCUT2D eigenvalue weighted by Gasteiger charge is 2.46. The minimum absolute atomic E-state index is 0.0288. The molecule has 1 fully saturated rings. The number of benzene rings is 1. The molecule has 1 aromatic heterocycles. The Morgan fingerprint density at radius 2 is 2.08 bits per heavy atom. The minimum Gasteiger partial charge on any atom is -0.372 e. The third kappa shape index (κ3) is 2.61. The smallest absolute Gasteiger partial charge is 0.264 e. The quantitative estimate of drug-likeness (QED) is 0.893. The van der Waals surface area contributed by atoms with Crippen molar-refractivity contribution in [3.63, 3.8) is 0 Å². The summed E-state index contributed by atoms with van der Waals surface area (Å²) in [6, 6.07) is 6.67. The number of nitrogens with zero attached hydrogens (tertiary/aromatic N) is 2. The maximum atomic E-state index is 12.4. The van der Waals surface area contributed by atoms with Crippen molar-refractivity contribution in [1.82, 2.24) is 14.5 Å². The lowest BCUT2D eigenvalue weighted by Crippen LogP contribution is -2.32. The van der Waals surface area contributed by atoms with E-state index in [1.54, 1.807) is 23.0 Å². The van der Waals surface area contributed by atoms with Gasteiger partial charge >= 0.3 is 0 Å². The number of hydrogen-bond donors (Lipinski definition) is 1. The van der Waals surface area contributed by atoms with Gasteiger partial charge in [-0.2, -0.15) is 5.10 Å². The minimum atomic E-state index is -3.87. The number of amides is 1. The summed E-state index contributed by atoms with van der Waals surface area (Å²) in [6.45, 7) is 0.897. The molecular weight excluding hydrogens is 330 g/mol. The number of rotatable bonds is 4. The summed E-state index contributed by atoms with van der Waals surface area (Å²) < 4.78 is 34.1. The fourth-order valence-corrected chi connectivity index (χ4v) is 4.22. The summed E-state index contributed by atoms with van der Waals surface area (Å²) in [4.78, 5) is 12.4. The molecule has 1 aromatic carbocycles. The molecule has 1 aliphatic carbocycles. The lowest BCUT2D eigenvalue weighted by Gasteiger charge is -2.08. The number of aromatic nitrogens is 2. The van der Waals surface area contributed by atoms with Gasteiger partial charge in [-0.3, -0.25) is 9.48 Å². The molecule has 2 aromatic rings. The van der Waals surface area contributed by atoms with Crippen molar-refractivity contribution in [2.75, 3.05) is 0 Å². The Hall–Kier alpha value is -2.19. The number of carbonyl (C=O) groups excluding carboxylic acids is 1. The average Bonchev–Trinajstić information content (AvgIpc) is 2.98. The third-order valence-electron chi connectivity index (χ3n) is 4.60. The molecule has 1 N–H and O–H groups in total. The van der Waals surface area contributed by atoms with Gasteiger partial charge < -0.3 is 4.74 Å². The van der Waals surface area contributed by atoms with Gasteiger partial charge in [-0.15, -0.1) is 0 Å². The van der Waals surface area contributed by atoms with Gasteiger partial charge in [-0.05, 0) is 35.7 Å². The summed E-state index contributed by atoms with van der Waals surface area (Å²) in [6.07, 6.45) is 2.31. The molecule has 0 spiro atoms. The molecule has 2 aliphatic rings. The van der Waals surface area contributed by atoms with Crippen molar-refractivity contribution in [2.24, 2.45) is 13.0 Å². The molecular formula is C16H17N3O4S. The average molecular weight is 347 g/mol. The van der Waals surface area contributed by atoms with E-state index < -0.39 is 15.9 Å². The van der Waals surface area contributed by atoms with Crippen LogP contribution in [0.15, 0.2) is 35.4 Å². The van der Waals surface area contributed by atoms with Crippen LogP contribution in [0.25, 0.3) is 0 Å². The number of fused-ring (bicyclic) bond motifs is 1. The van der Waals surface area contributed by atoms with Crippen molar-refractivity contribution < 1.29 is 17.9 Å². The van der Waals surface area contributed by atoms with E-state index in [-0.39, 0.29) is 16.7 Å². The largest absolute Gasteiger partial charge is 0.372 e. The zero-order valence-corrected chi connectivity index (χ0v) is 13.9. The van der Waals surface area contributed by atoms with E-state index in [9.17, 15) is 13.2 Å². The third-order valence-corrected chi connectivity index (χ3v) is 5.95. The second-order valence-electron chi connectivity index (χ2n) is 6.22. The van der Waals surface area contributed by atoms with Gasteiger partial charge in [-0.1, -0.05) is 6.07 Å². The maximum absolute atomic E-state index is 12.4. The van der Waals surface area contributed by atoms with Crippen LogP contribution in [0.4, 0.5) is 0 Å². The van der Waals surface area contributed by atoms with Crippen molar-refractivity contribution in [3.8, 4) is 0 Å². The molecule has 2 atom stereocenters. The van der Waals surface area contributed by atoms with E-state index in [0.717, 1.165) is 16.8 Å². The molecule has 0 radical (unpaired) electrons. The van der Waals surface area contributed by atoms with Crippen LogP contribution in [0.5, 0.6) is 0 Å². The Morgan fingerprint density at radius 1 is 1.29 bits per heavy atom. The molecule has 7 nitrogen and oxygen atoms in total. The van der Waals surface area contributed by atoms with Gasteiger partial charge in [0, 0.05) is 30.8 Å². The van der Waals surface area contributed by atoms with Gasteiger partial charge in [0.2, 0.25) is 5.91 Å². The van der Waals surface area contributed by atoms with E-state index in [4.69, 9.17) is 4.74 Å². The zero-order valence-electron chi connectivity index (χ0n) is 13.1. The second-order valence-corrected chi connectivity index (χ2v) is 7.90. The van der Waals surface area contributed by atoms with Crippen LogP contribution in [-0.2, 0) is 39.8 Å². The summed E-state index contributed by atoms with van der Waals surface area (Å²) in [7, 11) is -2.05. The highest BCUT2D eigenvalue weighted by atomic mass is 32.2. The first-order valence-electron chi connectivity index (χ1n) is 7.70. The number of hydrogen-bond acceptors (Lipinski definition) is 5. The predicted octanol–water partition coefficient (Wildman–Crippen LogP) is 1.06. The van der Waals surface area contributed by atoms with Gasteiger partial charge in [0.1, 0.15) is 0 Å². The molecule has 1 aliphatic heterocycles. The predicted molar refractivity (Wildman–Crippen MR) is 84.3 cm³/mol. The van der Waals surface area contributed by atoms with E-state index in [2.05, 4.69) is 9.82 Å². The Morgan fingerprint density at radius 3 is 2.83 bits per heavy atom. The fourth-order valence-electron chi connectivity index (χ4n) is 3.14. The molecule has 0 bridgehead atoms. The van der Waals surface area contributed by atoms with Gasteiger partial charge in [0.15, 0.2) is 0 Å². The first-order chi connectivity index (χ1) is 11.5. The Labute approximate surface area is 139 Å². The molecule has 1 saturated carbocycles. The zero-order chi connectivity index (χ0) is 16.9. The van der Waals surface area contributed by atoms with Gasteiger partial charge in [0.25, 0.3) is 10.0 Å². The molecule has 8 heteroatoms. The van der Waals surface area contributed by atoms with Crippen LogP contribution < -0.4 is 4.72 Å². The normalized spacial score (nSPS) is 22.2. The molecule has 0 saturated heterocycles. The summed E-state index contributed by atoms with van der Waals surface area (Å²) in [5.41, 5.74) is 2.78.